The smallest absolute Gasteiger partial charge is 0.0317 e. The van der Waals surface area contributed by atoms with Crippen LogP contribution in [0.1, 0.15) is 58.3 Å². The van der Waals surface area contributed by atoms with Gasteiger partial charge in [-0.3, -0.25) is 0 Å². The highest BCUT2D eigenvalue weighted by atomic mass is 14.1. The molecule has 1 aliphatic carbocycles. The van der Waals surface area contributed by atoms with Crippen LogP contribution in [0.15, 0.2) is 36.0 Å². The van der Waals surface area contributed by atoms with Crippen LogP contribution in [0.2, 0.25) is 0 Å². The molecule has 1 fully saturated rings. The minimum absolute atomic E-state index is 1.18. The standard InChI is InChI=1S/C15H24/c1-3-4-5-7-10-14(2)13-15-11-8-6-9-12-15/h7,10,13H,2-6,8-9,11-12H2,1H3/b10-7+. The quantitative estimate of drug-likeness (QED) is 0.427. The summed E-state index contributed by atoms with van der Waals surface area (Å²) in [7, 11) is 0. The van der Waals surface area contributed by atoms with Crippen LogP contribution in [0.3, 0.4) is 0 Å². The fourth-order valence-electron chi connectivity index (χ4n) is 2.02. The van der Waals surface area contributed by atoms with Crippen molar-refractivity contribution in [3.63, 3.8) is 0 Å². The van der Waals surface area contributed by atoms with Crippen molar-refractivity contribution in [2.75, 3.05) is 0 Å². The van der Waals surface area contributed by atoms with E-state index in [-0.39, 0.29) is 0 Å². The van der Waals surface area contributed by atoms with Gasteiger partial charge in [0, 0.05) is 0 Å². The van der Waals surface area contributed by atoms with Gasteiger partial charge in [0.25, 0.3) is 0 Å². The molecular formula is C15H24. The zero-order valence-corrected chi connectivity index (χ0v) is 10.1. The van der Waals surface area contributed by atoms with Gasteiger partial charge >= 0.3 is 0 Å². The first-order valence-corrected chi connectivity index (χ1v) is 6.38. The molecule has 1 saturated carbocycles. The average molecular weight is 204 g/mol. The van der Waals surface area contributed by atoms with Gasteiger partial charge in [0.05, 0.1) is 0 Å². The van der Waals surface area contributed by atoms with Gasteiger partial charge in [-0.1, -0.05) is 56.6 Å². The summed E-state index contributed by atoms with van der Waals surface area (Å²) in [5.41, 5.74) is 2.79. The van der Waals surface area contributed by atoms with Gasteiger partial charge in [0.2, 0.25) is 0 Å². The lowest BCUT2D eigenvalue weighted by Gasteiger charge is -2.13. The maximum absolute atomic E-state index is 4.08. The highest BCUT2D eigenvalue weighted by Crippen LogP contribution is 2.23. The Hall–Kier alpha value is -0.780. The van der Waals surface area contributed by atoms with Crippen LogP contribution in [-0.4, -0.2) is 0 Å². The van der Waals surface area contributed by atoms with E-state index in [4.69, 9.17) is 0 Å². The van der Waals surface area contributed by atoms with Crippen molar-refractivity contribution in [3.8, 4) is 0 Å². The molecule has 0 N–H and O–H groups in total. The van der Waals surface area contributed by atoms with Gasteiger partial charge in [0.15, 0.2) is 0 Å². The summed E-state index contributed by atoms with van der Waals surface area (Å²) in [6.45, 7) is 6.31. The highest BCUT2D eigenvalue weighted by Gasteiger charge is 2.04. The zero-order valence-electron chi connectivity index (χ0n) is 10.1. The lowest BCUT2D eigenvalue weighted by atomic mass is 9.93. The summed E-state index contributed by atoms with van der Waals surface area (Å²) in [4.78, 5) is 0. The van der Waals surface area contributed by atoms with E-state index in [9.17, 15) is 0 Å². The lowest BCUT2D eigenvalue weighted by molar-refractivity contribution is 0.599. The molecule has 0 aliphatic heterocycles. The minimum Gasteiger partial charge on any atom is -0.0918 e. The van der Waals surface area contributed by atoms with Crippen LogP contribution >= 0.6 is 0 Å². The molecule has 0 heteroatoms. The molecule has 1 rings (SSSR count). The molecule has 0 nitrogen and oxygen atoms in total. The van der Waals surface area contributed by atoms with Gasteiger partial charge in [-0.2, -0.15) is 0 Å². The summed E-state index contributed by atoms with van der Waals surface area (Å²) >= 11 is 0. The van der Waals surface area contributed by atoms with Gasteiger partial charge < -0.3 is 0 Å². The molecule has 0 radical (unpaired) electrons. The molecule has 15 heavy (non-hydrogen) atoms. The van der Waals surface area contributed by atoms with E-state index in [0.717, 1.165) is 0 Å². The average Bonchev–Trinajstić information content (AvgIpc) is 2.26. The minimum atomic E-state index is 1.18. The largest absolute Gasteiger partial charge is 0.0918 e. The Bertz CT molecular complexity index is 235. The van der Waals surface area contributed by atoms with Crippen molar-refractivity contribution in [2.24, 2.45) is 0 Å². The van der Waals surface area contributed by atoms with Gasteiger partial charge in [0.1, 0.15) is 0 Å². The van der Waals surface area contributed by atoms with E-state index in [1.807, 2.05) is 0 Å². The summed E-state index contributed by atoms with van der Waals surface area (Å²) in [6, 6.07) is 0. The fourth-order valence-corrected chi connectivity index (χ4v) is 2.02. The molecule has 0 atom stereocenters. The molecule has 1 aliphatic rings. The molecule has 0 unspecified atom stereocenters. The molecule has 0 aromatic rings. The molecule has 0 amide bonds. The summed E-state index contributed by atoms with van der Waals surface area (Å²) in [6.07, 6.45) is 17.2. The molecule has 0 aromatic carbocycles. The van der Waals surface area contributed by atoms with Crippen LogP contribution < -0.4 is 0 Å². The van der Waals surface area contributed by atoms with Crippen LogP contribution in [0, 0.1) is 0 Å². The maximum atomic E-state index is 4.08. The number of allylic oxidation sites excluding steroid dienone is 5. The van der Waals surface area contributed by atoms with Crippen molar-refractivity contribution < 1.29 is 0 Å². The van der Waals surface area contributed by atoms with E-state index in [1.165, 1.54) is 56.9 Å². The van der Waals surface area contributed by atoms with Gasteiger partial charge in [-0.15, -0.1) is 0 Å². The zero-order chi connectivity index (χ0) is 10.9. The molecule has 0 heterocycles. The Kier molecular flexibility index (Phi) is 6.15. The lowest BCUT2D eigenvalue weighted by Crippen LogP contribution is -1.93. The second-order valence-corrected chi connectivity index (χ2v) is 4.48. The van der Waals surface area contributed by atoms with E-state index in [1.54, 1.807) is 5.57 Å². The SMILES string of the molecule is C=C(C=C1CCCCC1)/C=C/CCCC. The third-order valence-corrected chi connectivity index (χ3v) is 2.94. The summed E-state index contributed by atoms with van der Waals surface area (Å²) < 4.78 is 0. The van der Waals surface area contributed by atoms with Crippen molar-refractivity contribution in [1.29, 1.82) is 0 Å². The van der Waals surface area contributed by atoms with Crippen LogP contribution in [0.5, 0.6) is 0 Å². The van der Waals surface area contributed by atoms with E-state index < -0.39 is 0 Å². The number of hydrogen-bond donors (Lipinski definition) is 0. The number of hydrogen-bond acceptors (Lipinski definition) is 0. The number of unbranched alkanes of at least 4 members (excludes halogenated alkanes) is 2. The Morgan fingerprint density at radius 1 is 1.27 bits per heavy atom. The Morgan fingerprint density at radius 3 is 2.67 bits per heavy atom. The van der Waals surface area contributed by atoms with Crippen LogP contribution in [0.25, 0.3) is 0 Å². The van der Waals surface area contributed by atoms with Gasteiger partial charge in [-0.25, -0.2) is 0 Å². The molecular weight excluding hydrogens is 180 g/mol. The predicted molar refractivity (Wildman–Crippen MR) is 69.0 cm³/mol. The second kappa shape index (κ2) is 7.50. The highest BCUT2D eigenvalue weighted by molar-refractivity contribution is 5.31. The third kappa shape index (κ3) is 5.61. The van der Waals surface area contributed by atoms with Crippen LogP contribution in [0.4, 0.5) is 0 Å². The van der Waals surface area contributed by atoms with E-state index in [2.05, 4.69) is 31.7 Å². The first-order chi connectivity index (χ1) is 7.33. The van der Waals surface area contributed by atoms with Crippen molar-refractivity contribution >= 4 is 0 Å². The normalized spacial score (nSPS) is 17.0. The topological polar surface area (TPSA) is 0 Å². The first-order valence-electron chi connectivity index (χ1n) is 6.38. The first kappa shape index (κ1) is 12.3. The van der Waals surface area contributed by atoms with Crippen molar-refractivity contribution in [1.82, 2.24) is 0 Å². The van der Waals surface area contributed by atoms with Crippen molar-refractivity contribution in [2.45, 2.75) is 58.3 Å². The van der Waals surface area contributed by atoms with Crippen molar-refractivity contribution in [3.05, 3.63) is 36.0 Å². The monoisotopic (exact) mass is 204 g/mol. The van der Waals surface area contributed by atoms with E-state index >= 15 is 0 Å². The molecule has 0 spiro atoms. The Labute approximate surface area is 94.8 Å². The molecule has 0 aromatic heterocycles. The number of rotatable bonds is 5. The molecule has 0 saturated heterocycles. The predicted octanol–water partition coefficient (Wildman–Crippen LogP) is 5.18. The fraction of sp³-hybridized carbons (Fsp3) is 0.600. The summed E-state index contributed by atoms with van der Waals surface area (Å²) in [5.74, 6) is 0. The maximum Gasteiger partial charge on any atom is -0.0317 e. The third-order valence-electron chi connectivity index (χ3n) is 2.94. The molecule has 0 bridgehead atoms. The Morgan fingerprint density at radius 2 is 2.00 bits per heavy atom. The second-order valence-electron chi connectivity index (χ2n) is 4.48. The Balaban J connectivity index is 2.30. The van der Waals surface area contributed by atoms with Gasteiger partial charge in [-0.05, 0) is 37.7 Å². The van der Waals surface area contributed by atoms with Crippen LogP contribution in [-0.2, 0) is 0 Å². The summed E-state index contributed by atoms with van der Waals surface area (Å²) in [5, 5.41) is 0. The molecule has 84 valence electrons. The van der Waals surface area contributed by atoms with E-state index in [0.29, 0.717) is 0 Å².